The maximum Gasteiger partial charge on any atom is 0.339 e. The van der Waals surface area contributed by atoms with Crippen LogP contribution in [-0.2, 0) is 0 Å². The highest BCUT2D eigenvalue weighted by molar-refractivity contribution is 5.93. The molecule has 1 rings (SSSR count). The Hall–Kier alpha value is -2.31. The van der Waals surface area contributed by atoms with E-state index in [0.29, 0.717) is 0 Å². The van der Waals surface area contributed by atoms with Gasteiger partial charge in [-0.2, -0.15) is 0 Å². The third kappa shape index (κ3) is 3.57. The molecule has 0 aromatic heterocycles. The average Bonchev–Trinajstić information content (AvgIpc) is 2.34. The highest BCUT2D eigenvalue weighted by atomic mass is 16.6. The zero-order valence-electron chi connectivity index (χ0n) is 10.9. The number of carboxylic acids is 1. The van der Waals surface area contributed by atoms with E-state index in [2.05, 4.69) is 0 Å². The van der Waals surface area contributed by atoms with Gasteiger partial charge in [-0.3, -0.25) is 10.1 Å². The van der Waals surface area contributed by atoms with Gasteiger partial charge < -0.3 is 14.6 Å². The first-order valence-electron chi connectivity index (χ1n) is 5.59. The van der Waals surface area contributed by atoms with Crippen LogP contribution in [0.15, 0.2) is 12.1 Å². The van der Waals surface area contributed by atoms with E-state index in [-0.39, 0.29) is 29.6 Å². The fourth-order valence-electron chi connectivity index (χ4n) is 1.40. The van der Waals surface area contributed by atoms with Crippen molar-refractivity contribution in [1.82, 2.24) is 0 Å². The van der Waals surface area contributed by atoms with Gasteiger partial charge in [0.1, 0.15) is 11.3 Å². The minimum atomic E-state index is -1.30. The fraction of sp³-hybridized carbons (Fsp3) is 0.417. The van der Waals surface area contributed by atoms with Crippen molar-refractivity contribution in [1.29, 1.82) is 0 Å². The molecule has 1 N–H and O–H groups in total. The highest BCUT2D eigenvalue weighted by Gasteiger charge is 2.25. The number of methoxy groups -OCH3 is 1. The smallest absolute Gasteiger partial charge is 0.339 e. The fourth-order valence-corrected chi connectivity index (χ4v) is 1.40. The summed E-state index contributed by atoms with van der Waals surface area (Å²) < 4.78 is 10.1. The van der Waals surface area contributed by atoms with E-state index >= 15 is 0 Å². The predicted octanol–water partition coefficient (Wildman–Crippen LogP) is 2.34. The Balaban J connectivity index is 3.36. The Bertz CT molecular complexity index is 462. The minimum Gasteiger partial charge on any atom is -0.496 e. The summed E-state index contributed by atoms with van der Waals surface area (Å²) in [7, 11) is 1.30. The van der Waals surface area contributed by atoms with Gasteiger partial charge in [-0.15, -0.1) is 0 Å². The lowest BCUT2D eigenvalue weighted by Gasteiger charge is -2.12. The molecule has 104 valence electrons. The van der Waals surface area contributed by atoms with Gasteiger partial charge in [-0.05, 0) is 12.0 Å². The molecule has 0 amide bonds. The lowest BCUT2D eigenvalue weighted by atomic mass is 10.1. The van der Waals surface area contributed by atoms with Gasteiger partial charge in [0.25, 0.3) is 0 Å². The van der Waals surface area contributed by atoms with Crippen molar-refractivity contribution in [3.05, 3.63) is 27.8 Å². The Morgan fingerprint density at radius 1 is 1.47 bits per heavy atom. The maximum absolute atomic E-state index is 11.2. The molecule has 0 heterocycles. The number of hydrogen-bond donors (Lipinski definition) is 1. The van der Waals surface area contributed by atoms with Crippen LogP contribution in [0.25, 0.3) is 0 Å². The molecular formula is C12H15NO6. The molecule has 7 nitrogen and oxygen atoms in total. The number of benzene rings is 1. The molecule has 7 heteroatoms. The van der Waals surface area contributed by atoms with Gasteiger partial charge in [0.15, 0.2) is 0 Å². The first-order valence-corrected chi connectivity index (χ1v) is 5.59. The number of nitro benzene ring substituents is 1. The van der Waals surface area contributed by atoms with Crippen LogP contribution in [0.3, 0.4) is 0 Å². The zero-order chi connectivity index (χ0) is 14.6. The van der Waals surface area contributed by atoms with Crippen LogP contribution in [0.1, 0.15) is 24.2 Å². The first-order chi connectivity index (χ1) is 8.86. The van der Waals surface area contributed by atoms with Crippen LogP contribution in [-0.4, -0.2) is 29.7 Å². The molecule has 0 bridgehead atoms. The van der Waals surface area contributed by atoms with Crippen molar-refractivity contribution in [3.8, 4) is 11.5 Å². The summed E-state index contributed by atoms with van der Waals surface area (Å²) in [6, 6.07) is 2.34. The molecule has 0 saturated carbocycles. The second kappa shape index (κ2) is 6.03. The normalized spacial score (nSPS) is 10.3. The number of ether oxygens (including phenoxy) is 2. The maximum atomic E-state index is 11.2. The minimum absolute atomic E-state index is 0.0981. The Labute approximate surface area is 109 Å². The number of nitrogens with zero attached hydrogens (tertiary/aromatic N) is 1. The number of nitro groups is 1. The molecule has 0 radical (unpaired) electrons. The molecular weight excluding hydrogens is 254 g/mol. The van der Waals surface area contributed by atoms with Crippen molar-refractivity contribution in [2.75, 3.05) is 13.7 Å². The van der Waals surface area contributed by atoms with E-state index in [4.69, 9.17) is 14.6 Å². The van der Waals surface area contributed by atoms with Gasteiger partial charge in [0.05, 0.1) is 24.7 Å². The second-order valence-corrected chi connectivity index (χ2v) is 4.29. The van der Waals surface area contributed by atoms with Gasteiger partial charge in [0.2, 0.25) is 5.75 Å². The van der Waals surface area contributed by atoms with Gasteiger partial charge in [-0.25, -0.2) is 4.79 Å². The van der Waals surface area contributed by atoms with E-state index in [9.17, 15) is 14.9 Å². The zero-order valence-corrected chi connectivity index (χ0v) is 10.9. The third-order valence-electron chi connectivity index (χ3n) is 2.27. The highest BCUT2D eigenvalue weighted by Crippen LogP contribution is 2.35. The quantitative estimate of drug-likeness (QED) is 0.628. The molecule has 0 aliphatic heterocycles. The first kappa shape index (κ1) is 14.7. The molecule has 1 aromatic carbocycles. The van der Waals surface area contributed by atoms with Crippen molar-refractivity contribution in [2.45, 2.75) is 13.8 Å². The lowest BCUT2D eigenvalue weighted by Crippen LogP contribution is -2.10. The number of aromatic carboxylic acids is 1. The number of hydrogen-bond acceptors (Lipinski definition) is 5. The summed E-state index contributed by atoms with van der Waals surface area (Å²) in [5.41, 5.74) is -0.705. The van der Waals surface area contributed by atoms with Crippen molar-refractivity contribution >= 4 is 11.7 Å². The molecule has 0 aliphatic rings. The Morgan fingerprint density at radius 2 is 2.11 bits per heavy atom. The average molecular weight is 269 g/mol. The van der Waals surface area contributed by atoms with Crippen LogP contribution < -0.4 is 9.47 Å². The van der Waals surface area contributed by atoms with E-state index in [1.54, 1.807) is 0 Å². The topological polar surface area (TPSA) is 98.9 Å². The number of carboxylic acid groups (broad SMARTS) is 1. The molecule has 0 aliphatic carbocycles. The summed E-state index contributed by atoms with van der Waals surface area (Å²) in [5.74, 6) is -1.34. The van der Waals surface area contributed by atoms with Crippen LogP contribution in [0.4, 0.5) is 5.69 Å². The van der Waals surface area contributed by atoms with Crippen LogP contribution in [0.5, 0.6) is 11.5 Å². The SMILES string of the molecule is COc1cc(C(=O)O)c(OCC(C)C)c([N+](=O)[O-])c1. The summed E-state index contributed by atoms with van der Waals surface area (Å²) in [4.78, 5) is 21.4. The number of rotatable bonds is 6. The summed E-state index contributed by atoms with van der Waals surface area (Å²) >= 11 is 0. The van der Waals surface area contributed by atoms with E-state index < -0.39 is 16.6 Å². The summed E-state index contributed by atoms with van der Waals surface area (Å²) in [6.07, 6.45) is 0. The van der Waals surface area contributed by atoms with Gasteiger partial charge in [-0.1, -0.05) is 13.8 Å². The molecule has 0 spiro atoms. The molecule has 0 atom stereocenters. The molecule has 0 fully saturated rings. The largest absolute Gasteiger partial charge is 0.496 e. The third-order valence-corrected chi connectivity index (χ3v) is 2.27. The Kier molecular flexibility index (Phi) is 4.68. The van der Waals surface area contributed by atoms with E-state index in [1.807, 2.05) is 13.8 Å². The Morgan fingerprint density at radius 3 is 2.53 bits per heavy atom. The van der Waals surface area contributed by atoms with Gasteiger partial charge in [0, 0.05) is 0 Å². The molecule has 19 heavy (non-hydrogen) atoms. The second-order valence-electron chi connectivity index (χ2n) is 4.29. The van der Waals surface area contributed by atoms with Crippen molar-refractivity contribution in [3.63, 3.8) is 0 Å². The lowest BCUT2D eigenvalue weighted by molar-refractivity contribution is -0.386. The van der Waals surface area contributed by atoms with Gasteiger partial charge >= 0.3 is 11.7 Å². The van der Waals surface area contributed by atoms with Crippen LogP contribution in [0.2, 0.25) is 0 Å². The van der Waals surface area contributed by atoms with Crippen LogP contribution in [0, 0.1) is 16.0 Å². The molecule has 0 saturated heterocycles. The predicted molar refractivity (Wildman–Crippen MR) is 66.9 cm³/mol. The van der Waals surface area contributed by atoms with E-state index in [1.165, 1.54) is 13.2 Å². The van der Waals surface area contributed by atoms with Crippen molar-refractivity contribution < 1.29 is 24.3 Å². The molecule has 0 unspecified atom stereocenters. The monoisotopic (exact) mass is 269 g/mol. The summed E-state index contributed by atoms with van der Waals surface area (Å²) in [5, 5.41) is 20.1. The standard InChI is InChI=1S/C12H15NO6/c1-7(2)6-19-11-9(12(14)15)4-8(18-3)5-10(11)13(16)17/h4-5,7H,6H2,1-3H3,(H,14,15). The van der Waals surface area contributed by atoms with E-state index in [0.717, 1.165) is 6.07 Å². The molecule has 1 aromatic rings. The van der Waals surface area contributed by atoms with Crippen LogP contribution >= 0.6 is 0 Å². The number of carbonyl (C=O) groups is 1. The summed E-state index contributed by atoms with van der Waals surface area (Å²) in [6.45, 7) is 3.90. The van der Waals surface area contributed by atoms with Crippen molar-refractivity contribution in [2.24, 2.45) is 5.92 Å².